The van der Waals surface area contributed by atoms with E-state index in [0.717, 1.165) is 37.3 Å². The van der Waals surface area contributed by atoms with Gasteiger partial charge in [0.2, 0.25) is 0 Å². The maximum Gasteiger partial charge on any atom is 0.337 e. The van der Waals surface area contributed by atoms with Gasteiger partial charge in [0.25, 0.3) is 0 Å². The van der Waals surface area contributed by atoms with Gasteiger partial charge in [-0.1, -0.05) is 0 Å². The number of hydrazine groups is 1. The molecule has 0 radical (unpaired) electrons. The lowest BCUT2D eigenvalue weighted by Crippen LogP contribution is -2.20. The molecule has 0 spiro atoms. The van der Waals surface area contributed by atoms with Crippen LogP contribution in [0.4, 0.5) is 5.69 Å². The van der Waals surface area contributed by atoms with Gasteiger partial charge in [-0.05, 0) is 42.5 Å². The Morgan fingerprint density at radius 1 is 1.37 bits per heavy atom. The molecule has 0 amide bonds. The van der Waals surface area contributed by atoms with Crippen LogP contribution in [0.25, 0.3) is 0 Å². The third-order valence-electron chi connectivity index (χ3n) is 3.39. The number of hydrogen-bond acceptors (Lipinski definition) is 5. The summed E-state index contributed by atoms with van der Waals surface area (Å²) in [5.74, 6) is 0.110. The van der Waals surface area contributed by atoms with Crippen LogP contribution in [-0.4, -0.2) is 33.3 Å². The zero-order valence-electron chi connectivity index (χ0n) is 11.4. The first-order valence-corrected chi connectivity index (χ1v) is 6.49. The molecule has 104 valence electrons. The number of hydrogen-bond donors (Lipinski definition) is 2. The molecule has 1 aromatic carbocycles. The molecule has 0 bridgehead atoms. The highest BCUT2D eigenvalue weighted by Crippen LogP contribution is 2.32. The Labute approximate surface area is 113 Å². The number of anilines is 1. The van der Waals surface area contributed by atoms with Crippen LogP contribution in [0.1, 0.15) is 34.7 Å². The zero-order valence-corrected chi connectivity index (χ0v) is 11.4. The minimum absolute atomic E-state index is 0.302. The van der Waals surface area contributed by atoms with Gasteiger partial charge in [-0.25, -0.2) is 10.2 Å². The second-order valence-corrected chi connectivity index (χ2v) is 4.56. The SMILES string of the molecule is CNNc1ccc(C(=O)OC)cc1C1CCOCC1. The van der Waals surface area contributed by atoms with E-state index >= 15 is 0 Å². The second kappa shape index (κ2) is 6.54. The molecule has 1 aliphatic rings. The summed E-state index contributed by atoms with van der Waals surface area (Å²) in [6.07, 6.45) is 1.95. The fourth-order valence-electron chi connectivity index (χ4n) is 2.40. The smallest absolute Gasteiger partial charge is 0.337 e. The largest absolute Gasteiger partial charge is 0.465 e. The van der Waals surface area contributed by atoms with E-state index in [1.165, 1.54) is 7.11 Å². The van der Waals surface area contributed by atoms with Crippen molar-refractivity contribution in [3.8, 4) is 0 Å². The van der Waals surface area contributed by atoms with Crippen molar-refractivity contribution < 1.29 is 14.3 Å². The van der Waals surface area contributed by atoms with Gasteiger partial charge in [0.05, 0.1) is 18.4 Å². The van der Waals surface area contributed by atoms with Gasteiger partial charge >= 0.3 is 5.97 Å². The highest BCUT2D eigenvalue weighted by atomic mass is 16.5. The van der Waals surface area contributed by atoms with Gasteiger partial charge in [0, 0.05) is 20.3 Å². The van der Waals surface area contributed by atoms with Crippen LogP contribution in [0.5, 0.6) is 0 Å². The van der Waals surface area contributed by atoms with E-state index in [2.05, 4.69) is 10.9 Å². The van der Waals surface area contributed by atoms with Crippen LogP contribution in [0, 0.1) is 0 Å². The van der Waals surface area contributed by atoms with Crippen molar-refractivity contribution >= 4 is 11.7 Å². The Balaban J connectivity index is 2.31. The third kappa shape index (κ3) is 3.24. The normalized spacial score (nSPS) is 16.1. The molecular weight excluding hydrogens is 244 g/mol. The summed E-state index contributed by atoms with van der Waals surface area (Å²) in [6.45, 7) is 1.54. The van der Waals surface area contributed by atoms with Crippen LogP contribution in [-0.2, 0) is 9.47 Å². The number of rotatable bonds is 4. The van der Waals surface area contributed by atoms with Gasteiger partial charge in [-0.15, -0.1) is 0 Å². The predicted octanol–water partition coefficient (Wildman–Crippen LogP) is 1.91. The lowest BCUT2D eigenvalue weighted by molar-refractivity contribution is 0.0600. The molecular formula is C14H20N2O3. The first-order chi connectivity index (χ1) is 9.26. The first kappa shape index (κ1) is 13.8. The van der Waals surface area contributed by atoms with Gasteiger partial charge in [0.1, 0.15) is 0 Å². The summed E-state index contributed by atoms with van der Waals surface area (Å²) in [4.78, 5) is 11.6. The van der Waals surface area contributed by atoms with E-state index in [9.17, 15) is 4.79 Å². The molecule has 1 fully saturated rings. The minimum atomic E-state index is -0.302. The molecule has 1 aromatic rings. The summed E-state index contributed by atoms with van der Waals surface area (Å²) in [5.41, 5.74) is 8.77. The van der Waals surface area contributed by atoms with Crippen molar-refractivity contribution in [2.45, 2.75) is 18.8 Å². The summed E-state index contributed by atoms with van der Waals surface area (Å²) < 4.78 is 10.2. The van der Waals surface area contributed by atoms with Gasteiger partial charge in [-0.3, -0.25) is 0 Å². The number of benzene rings is 1. The number of carbonyl (C=O) groups excluding carboxylic acids is 1. The molecule has 19 heavy (non-hydrogen) atoms. The van der Waals surface area contributed by atoms with Crippen molar-refractivity contribution in [1.82, 2.24) is 5.43 Å². The molecule has 5 heteroatoms. The van der Waals surface area contributed by atoms with Crippen LogP contribution < -0.4 is 10.9 Å². The highest BCUT2D eigenvalue weighted by molar-refractivity contribution is 5.90. The van der Waals surface area contributed by atoms with Crippen molar-refractivity contribution in [1.29, 1.82) is 0 Å². The molecule has 1 heterocycles. The lowest BCUT2D eigenvalue weighted by atomic mass is 9.89. The molecule has 0 aromatic heterocycles. The highest BCUT2D eigenvalue weighted by Gasteiger charge is 2.20. The van der Waals surface area contributed by atoms with Crippen molar-refractivity contribution in [3.63, 3.8) is 0 Å². The van der Waals surface area contributed by atoms with E-state index in [4.69, 9.17) is 9.47 Å². The predicted molar refractivity (Wildman–Crippen MR) is 73.3 cm³/mol. The maximum atomic E-state index is 11.6. The fraction of sp³-hybridized carbons (Fsp3) is 0.500. The fourth-order valence-corrected chi connectivity index (χ4v) is 2.40. The average Bonchev–Trinajstić information content (AvgIpc) is 2.48. The summed E-state index contributed by atoms with van der Waals surface area (Å²) >= 11 is 0. The van der Waals surface area contributed by atoms with Crippen LogP contribution in [0.3, 0.4) is 0 Å². The maximum absolute atomic E-state index is 11.6. The zero-order chi connectivity index (χ0) is 13.7. The first-order valence-electron chi connectivity index (χ1n) is 6.49. The third-order valence-corrected chi connectivity index (χ3v) is 3.39. The number of carbonyl (C=O) groups is 1. The molecule has 0 atom stereocenters. The van der Waals surface area contributed by atoms with E-state index < -0.39 is 0 Å². The van der Waals surface area contributed by atoms with Gasteiger partial charge < -0.3 is 14.9 Å². The van der Waals surface area contributed by atoms with E-state index in [1.54, 1.807) is 6.07 Å². The summed E-state index contributed by atoms with van der Waals surface area (Å²) in [7, 11) is 3.22. The molecule has 0 aliphatic carbocycles. The molecule has 1 aliphatic heterocycles. The quantitative estimate of drug-likeness (QED) is 0.642. The molecule has 2 rings (SSSR count). The molecule has 1 saturated heterocycles. The molecule has 5 nitrogen and oxygen atoms in total. The topological polar surface area (TPSA) is 59.6 Å². The van der Waals surface area contributed by atoms with Crippen molar-refractivity contribution in [2.75, 3.05) is 32.8 Å². The lowest BCUT2D eigenvalue weighted by Gasteiger charge is -2.25. The van der Waals surface area contributed by atoms with Crippen molar-refractivity contribution in [3.05, 3.63) is 29.3 Å². The van der Waals surface area contributed by atoms with E-state index in [0.29, 0.717) is 11.5 Å². The molecule has 2 N–H and O–H groups in total. The number of ether oxygens (including phenoxy) is 2. The number of methoxy groups -OCH3 is 1. The Morgan fingerprint density at radius 2 is 2.11 bits per heavy atom. The Bertz CT molecular complexity index is 442. The van der Waals surface area contributed by atoms with Crippen LogP contribution in [0.15, 0.2) is 18.2 Å². The van der Waals surface area contributed by atoms with Gasteiger partial charge in [0.15, 0.2) is 0 Å². The minimum Gasteiger partial charge on any atom is -0.465 e. The Hall–Kier alpha value is -1.59. The Morgan fingerprint density at radius 3 is 2.74 bits per heavy atom. The van der Waals surface area contributed by atoms with Crippen LogP contribution in [0.2, 0.25) is 0 Å². The number of esters is 1. The molecule has 0 unspecified atom stereocenters. The standard InChI is InChI=1S/C14H20N2O3/c1-15-16-13-4-3-11(14(17)18-2)9-12(13)10-5-7-19-8-6-10/h3-4,9-10,15-16H,5-8H2,1-2H3. The molecule has 0 saturated carbocycles. The summed E-state index contributed by atoms with van der Waals surface area (Å²) in [6, 6.07) is 5.60. The van der Waals surface area contributed by atoms with Gasteiger partial charge in [-0.2, -0.15) is 0 Å². The van der Waals surface area contributed by atoms with E-state index in [1.807, 2.05) is 19.2 Å². The Kier molecular flexibility index (Phi) is 4.76. The average molecular weight is 264 g/mol. The van der Waals surface area contributed by atoms with Crippen molar-refractivity contribution in [2.24, 2.45) is 0 Å². The summed E-state index contributed by atoms with van der Waals surface area (Å²) in [5, 5.41) is 0. The second-order valence-electron chi connectivity index (χ2n) is 4.56. The number of nitrogens with one attached hydrogen (secondary N) is 2. The van der Waals surface area contributed by atoms with Crippen LogP contribution >= 0.6 is 0 Å². The van der Waals surface area contributed by atoms with E-state index in [-0.39, 0.29) is 5.97 Å². The monoisotopic (exact) mass is 264 g/mol.